The van der Waals surface area contributed by atoms with Gasteiger partial charge in [-0.25, -0.2) is 4.39 Å². The summed E-state index contributed by atoms with van der Waals surface area (Å²) in [5, 5.41) is 3.38. The Hall–Kier alpha value is -1.17. The lowest BCUT2D eigenvalue weighted by Gasteiger charge is -2.38. The Balaban J connectivity index is 2.12. The number of carbonyl (C=O) groups excluding carboxylic acids is 1. The Labute approximate surface area is 161 Å². The fraction of sp³-hybridized carbons (Fsp3) is 0.650. The highest BCUT2D eigenvalue weighted by Crippen LogP contribution is 2.31. The van der Waals surface area contributed by atoms with Gasteiger partial charge in [-0.1, -0.05) is 44.4 Å². The summed E-state index contributed by atoms with van der Waals surface area (Å²) in [6.45, 7) is 8.48. The maximum absolute atomic E-state index is 14.5. The van der Waals surface area contributed by atoms with E-state index in [4.69, 9.17) is 16.3 Å². The zero-order valence-corrected chi connectivity index (χ0v) is 16.7. The first-order valence-corrected chi connectivity index (χ1v) is 9.86. The molecule has 1 aliphatic rings. The number of morpholine rings is 1. The van der Waals surface area contributed by atoms with Crippen LogP contribution in [0.1, 0.15) is 51.6 Å². The molecule has 1 N–H and O–H groups in total. The van der Waals surface area contributed by atoms with Gasteiger partial charge in [0.05, 0.1) is 18.8 Å². The van der Waals surface area contributed by atoms with Crippen LogP contribution in [0.25, 0.3) is 0 Å². The summed E-state index contributed by atoms with van der Waals surface area (Å²) in [6, 6.07) is 4.41. The molecular weight excluding hydrogens is 355 g/mol. The van der Waals surface area contributed by atoms with Crippen molar-refractivity contribution < 1.29 is 13.9 Å². The average Bonchev–Trinajstić information content (AvgIpc) is 2.57. The molecule has 6 heteroatoms. The van der Waals surface area contributed by atoms with Gasteiger partial charge in [-0.15, -0.1) is 0 Å². The number of halogens is 2. The largest absolute Gasteiger partial charge is 0.376 e. The Bertz CT molecular complexity index is 579. The summed E-state index contributed by atoms with van der Waals surface area (Å²) in [5.74, 6) is 0.0128. The molecule has 0 bridgehead atoms. The van der Waals surface area contributed by atoms with Gasteiger partial charge in [0.25, 0.3) is 0 Å². The van der Waals surface area contributed by atoms with Gasteiger partial charge < -0.3 is 10.1 Å². The van der Waals surface area contributed by atoms with Gasteiger partial charge in [0, 0.05) is 36.6 Å². The van der Waals surface area contributed by atoms with Crippen molar-refractivity contribution in [2.75, 3.05) is 26.2 Å². The molecule has 1 aromatic carbocycles. The number of carbonyl (C=O) groups is 1. The van der Waals surface area contributed by atoms with Gasteiger partial charge in [0.15, 0.2) is 0 Å². The van der Waals surface area contributed by atoms with Gasteiger partial charge in [0.1, 0.15) is 5.82 Å². The first-order valence-electron chi connectivity index (χ1n) is 9.48. The number of nitrogens with one attached hydrogen (secondary N) is 1. The highest BCUT2D eigenvalue weighted by atomic mass is 35.5. The summed E-state index contributed by atoms with van der Waals surface area (Å²) >= 11 is 6.31. The normalized spacial score (nSPS) is 20.6. The molecule has 0 aromatic heterocycles. The molecule has 1 aromatic rings. The molecule has 1 amide bonds. The molecule has 2 rings (SSSR count). The van der Waals surface area contributed by atoms with Crippen LogP contribution in [0, 0.1) is 11.7 Å². The SMILES string of the molecule is CCCC(C)CC(=O)NCC(c1c(F)cccc1Cl)N1CCOC(C)C1. The quantitative estimate of drug-likeness (QED) is 0.730. The average molecular weight is 385 g/mol. The van der Waals surface area contributed by atoms with Crippen molar-refractivity contribution in [3.05, 3.63) is 34.6 Å². The number of amides is 1. The molecule has 0 radical (unpaired) electrons. The lowest BCUT2D eigenvalue weighted by atomic mass is 10.0. The highest BCUT2D eigenvalue weighted by molar-refractivity contribution is 6.31. The maximum Gasteiger partial charge on any atom is 0.220 e. The topological polar surface area (TPSA) is 41.6 Å². The van der Waals surface area contributed by atoms with Crippen molar-refractivity contribution in [2.45, 2.75) is 52.2 Å². The van der Waals surface area contributed by atoms with E-state index < -0.39 is 0 Å². The van der Waals surface area contributed by atoms with Crippen molar-refractivity contribution in [1.29, 1.82) is 0 Å². The zero-order valence-electron chi connectivity index (χ0n) is 15.9. The molecule has 3 atom stereocenters. The summed E-state index contributed by atoms with van der Waals surface area (Å²) in [4.78, 5) is 14.4. The molecular formula is C20H30ClFN2O2. The van der Waals surface area contributed by atoms with Crippen LogP contribution in [0.5, 0.6) is 0 Å². The molecule has 3 unspecified atom stereocenters. The summed E-state index contributed by atoms with van der Waals surface area (Å²) < 4.78 is 20.1. The Morgan fingerprint density at radius 2 is 2.27 bits per heavy atom. The van der Waals surface area contributed by atoms with Crippen LogP contribution in [0.4, 0.5) is 4.39 Å². The van der Waals surface area contributed by atoms with Crippen molar-refractivity contribution in [1.82, 2.24) is 10.2 Å². The minimum atomic E-state index is -0.338. The van der Waals surface area contributed by atoms with Crippen molar-refractivity contribution in [3.63, 3.8) is 0 Å². The van der Waals surface area contributed by atoms with Crippen LogP contribution in [-0.2, 0) is 9.53 Å². The lowest BCUT2D eigenvalue weighted by Crippen LogP contribution is -2.47. The molecule has 1 aliphatic heterocycles. The third-order valence-corrected chi connectivity index (χ3v) is 5.18. The predicted octanol–water partition coefficient (Wildman–Crippen LogP) is 4.18. The van der Waals surface area contributed by atoms with Gasteiger partial charge in [-0.3, -0.25) is 9.69 Å². The van der Waals surface area contributed by atoms with Crippen molar-refractivity contribution in [2.24, 2.45) is 5.92 Å². The number of rotatable bonds is 8. The number of benzene rings is 1. The van der Waals surface area contributed by atoms with E-state index in [9.17, 15) is 9.18 Å². The monoisotopic (exact) mass is 384 g/mol. The van der Waals surface area contributed by atoms with Gasteiger partial charge in [0.2, 0.25) is 5.91 Å². The number of hydrogen-bond donors (Lipinski definition) is 1. The van der Waals surface area contributed by atoms with Crippen LogP contribution in [0.15, 0.2) is 18.2 Å². The van der Waals surface area contributed by atoms with Crippen LogP contribution in [0.3, 0.4) is 0 Å². The van der Waals surface area contributed by atoms with Crippen LogP contribution in [0.2, 0.25) is 5.02 Å². The molecule has 4 nitrogen and oxygen atoms in total. The van der Waals surface area contributed by atoms with Crippen LogP contribution in [-0.4, -0.2) is 43.2 Å². The van der Waals surface area contributed by atoms with E-state index >= 15 is 0 Å². The van der Waals surface area contributed by atoms with Crippen LogP contribution >= 0.6 is 11.6 Å². The molecule has 26 heavy (non-hydrogen) atoms. The van der Waals surface area contributed by atoms with Crippen LogP contribution < -0.4 is 5.32 Å². The standard InChI is InChI=1S/C20H30ClFN2O2/c1-4-6-14(2)11-19(25)23-12-18(24-9-10-26-15(3)13-24)20-16(21)7-5-8-17(20)22/h5,7-8,14-15,18H,4,6,9-13H2,1-3H3,(H,23,25). The van der Waals surface area contributed by atoms with Gasteiger partial charge in [-0.2, -0.15) is 0 Å². The lowest BCUT2D eigenvalue weighted by molar-refractivity contribution is -0.122. The Kier molecular flexibility index (Phi) is 8.32. The minimum absolute atomic E-state index is 0.00437. The molecule has 0 spiro atoms. The number of hydrogen-bond acceptors (Lipinski definition) is 3. The molecule has 0 saturated carbocycles. The van der Waals surface area contributed by atoms with E-state index in [-0.39, 0.29) is 23.9 Å². The van der Waals surface area contributed by atoms with Gasteiger partial charge >= 0.3 is 0 Å². The molecule has 0 aliphatic carbocycles. The zero-order chi connectivity index (χ0) is 19.1. The third-order valence-electron chi connectivity index (χ3n) is 4.85. The Morgan fingerprint density at radius 1 is 1.50 bits per heavy atom. The van der Waals surface area contributed by atoms with E-state index in [1.807, 2.05) is 6.92 Å². The van der Waals surface area contributed by atoms with Crippen molar-refractivity contribution >= 4 is 17.5 Å². The molecule has 1 saturated heterocycles. The number of nitrogens with zero attached hydrogens (tertiary/aromatic N) is 1. The first kappa shape index (κ1) is 21.1. The third kappa shape index (κ3) is 5.93. The van der Waals surface area contributed by atoms with Gasteiger partial charge in [-0.05, 0) is 25.0 Å². The molecule has 146 valence electrons. The summed E-state index contributed by atoms with van der Waals surface area (Å²) in [5.41, 5.74) is 0.449. The minimum Gasteiger partial charge on any atom is -0.376 e. The number of ether oxygens (including phenoxy) is 1. The smallest absolute Gasteiger partial charge is 0.220 e. The van der Waals surface area contributed by atoms with E-state index in [1.165, 1.54) is 6.07 Å². The summed E-state index contributed by atoms with van der Waals surface area (Å²) in [6.07, 6.45) is 2.65. The maximum atomic E-state index is 14.5. The van der Waals surface area contributed by atoms with E-state index in [2.05, 4.69) is 24.1 Å². The fourth-order valence-electron chi connectivity index (χ4n) is 3.57. The van der Waals surface area contributed by atoms with E-state index in [1.54, 1.807) is 12.1 Å². The Morgan fingerprint density at radius 3 is 2.92 bits per heavy atom. The van der Waals surface area contributed by atoms with E-state index in [0.717, 1.165) is 12.8 Å². The summed E-state index contributed by atoms with van der Waals surface area (Å²) in [7, 11) is 0. The molecule has 1 fully saturated rings. The highest BCUT2D eigenvalue weighted by Gasteiger charge is 2.29. The fourth-order valence-corrected chi connectivity index (χ4v) is 3.85. The predicted molar refractivity (Wildman–Crippen MR) is 103 cm³/mol. The van der Waals surface area contributed by atoms with E-state index in [0.29, 0.717) is 49.2 Å². The van der Waals surface area contributed by atoms with Crippen molar-refractivity contribution in [3.8, 4) is 0 Å². The first-order chi connectivity index (χ1) is 12.4. The molecule has 1 heterocycles. The second-order valence-corrected chi connectivity index (χ2v) is 7.64. The second-order valence-electron chi connectivity index (χ2n) is 7.23. The second kappa shape index (κ2) is 10.2.